The molecule has 0 amide bonds. The maximum absolute atomic E-state index is 5.45. The van der Waals surface area contributed by atoms with Crippen LogP contribution in [-0.4, -0.2) is 29.1 Å². The number of hydrogen-bond acceptors (Lipinski definition) is 2. The van der Waals surface area contributed by atoms with Gasteiger partial charge in [0.1, 0.15) is 5.41 Å². The maximum Gasteiger partial charge on any atom is 0.144 e. The van der Waals surface area contributed by atoms with E-state index in [0.29, 0.717) is 5.04 Å². The van der Waals surface area contributed by atoms with E-state index >= 15 is 0 Å². The third-order valence-electron chi connectivity index (χ3n) is 2.08. The van der Waals surface area contributed by atoms with Gasteiger partial charge in [-0.2, -0.15) is 0 Å². The highest BCUT2D eigenvalue weighted by molar-refractivity contribution is 6.42. The third-order valence-corrected chi connectivity index (χ3v) is 4.76. The molecule has 74 valence electrons. The number of rotatable bonds is 4. The lowest BCUT2D eigenvalue weighted by molar-refractivity contribution is -0.147. The Hall–Kier alpha value is 0.137. The molecule has 2 nitrogen and oxygen atoms in total. The summed E-state index contributed by atoms with van der Waals surface area (Å²) in [4.78, 5) is 0. The van der Waals surface area contributed by atoms with Crippen LogP contribution in [0.4, 0.5) is 0 Å². The molecule has 0 N–H and O–H groups in total. The first-order valence-electron chi connectivity index (χ1n) is 4.49. The zero-order chi connectivity index (χ0) is 9.83. The first kappa shape index (κ1) is 12.1. The van der Waals surface area contributed by atoms with Gasteiger partial charge in [-0.15, -0.1) is 0 Å². The molecule has 3 heteroatoms. The van der Waals surface area contributed by atoms with Crippen molar-refractivity contribution in [2.75, 3.05) is 14.2 Å². The Kier molecular flexibility index (Phi) is 4.44. The minimum atomic E-state index is -0.388. The van der Waals surface area contributed by atoms with Gasteiger partial charge < -0.3 is 9.47 Å². The van der Waals surface area contributed by atoms with E-state index in [4.69, 9.17) is 9.47 Å². The molecule has 12 heavy (non-hydrogen) atoms. The van der Waals surface area contributed by atoms with E-state index in [-0.39, 0.29) is 14.9 Å². The Labute approximate surface area is 78.5 Å². The van der Waals surface area contributed by atoms with Crippen molar-refractivity contribution in [2.45, 2.75) is 44.6 Å². The van der Waals surface area contributed by atoms with Gasteiger partial charge in [-0.1, -0.05) is 27.7 Å². The predicted octanol–water partition coefficient (Wildman–Crippen LogP) is 1.73. The molecule has 0 fully saturated rings. The summed E-state index contributed by atoms with van der Waals surface area (Å²) in [6.45, 7) is 8.87. The summed E-state index contributed by atoms with van der Waals surface area (Å²) >= 11 is 0. The molecule has 0 atom stereocenters. The van der Waals surface area contributed by atoms with Crippen LogP contribution in [-0.2, 0) is 9.47 Å². The largest absolute Gasteiger partial charge is 0.358 e. The molecule has 0 radical (unpaired) electrons. The molecule has 0 aromatic carbocycles. The van der Waals surface area contributed by atoms with Crippen LogP contribution in [0.15, 0.2) is 0 Å². The fourth-order valence-electron chi connectivity index (χ4n) is 1.45. The SMILES string of the molecule is CCC(OC)(OC)[SiH2]C(C)(C)C. The molecule has 0 aliphatic heterocycles. The van der Waals surface area contributed by atoms with Crippen LogP contribution in [0, 0.1) is 0 Å². The van der Waals surface area contributed by atoms with Crippen molar-refractivity contribution in [3.05, 3.63) is 0 Å². The Morgan fingerprint density at radius 1 is 1.08 bits per heavy atom. The molecule has 0 unspecified atom stereocenters. The van der Waals surface area contributed by atoms with Gasteiger partial charge in [0.15, 0.2) is 0 Å². The normalized spacial score (nSPS) is 14.5. The van der Waals surface area contributed by atoms with Crippen LogP contribution >= 0.6 is 0 Å². The first-order chi connectivity index (χ1) is 5.39. The van der Waals surface area contributed by atoms with Crippen molar-refractivity contribution >= 4 is 9.52 Å². The molecule has 0 bridgehead atoms. The van der Waals surface area contributed by atoms with E-state index in [1.807, 2.05) is 0 Å². The van der Waals surface area contributed by atoms with Crippen molar-refractivity contribution in [1.29, 1.82) is 0 Å². The quantitative estimate of drug-likeness (QED) is 0.496. The van der Waals surface area contributed by atoms with Gasteiger partial charge in [0, 0.05) is 14.2 Å². The minimum Gasteiger partial charge on any atom is -0.358 e. The van der Waals surface area contributed by atoms with Crippen molar-refractivity contribution in [3.8, 4) is 0 Å². The molecule has 0 aliphatic rings. The minimum absolute atomic E-state index is 0.252. The Balaban J connectivity index is 4.30. The lowest BCUT2D eigenvalue weighted by Crippen LogP contribution is -2.43. The summed E-state index contributed by atoms with van der Waals surface area (Å²) in [5, 5.41) is 0.377. The highest BCUT2D eigenvalue weighted by Gasteiger charge is 2.33. The van der Waals surface area contributed by atoms with Gasteiger partial charge in [-0.05, 0) is 11.5 Å². The summed E-state index contributed by atoms with van der Waals surface area (Å²) in [6.07, 6.45) is 0.948. The van der Waals surface area contributed by atoms with Crippen LogP contribution in [0.3, 0.4) is 0 Å². The van der Waals surface area contributed by atoms with Gasteiger partial charge in [0.05, 0.1) is 9.52 Å². The molecular weight excluding hydrogens is 168 g/mol. The van der Waals surface area contributed by atoms with Crippen molar-refractivity contribution < 1.29 is 9.47 Å². The van der Waals surface area contributed by atoms with Crippen molar-refractivity contribution in [1.82, 2.24) is 0 Å². The van der Waals surface area contributed by atoms with Gasteiger partial charge in [0.25, 0.3) is 0 Å². The standard InChI is InChI=1S/C9H22O2Si/c1-7-9(10-5,11-6)12-8(2,3)4/h7,12H2,1-6H3. The lowest BCUT2D eigenvalue weighted by atomic mass is 10.2. The molecule has 0 saturated carbocycles. The molecule has 0 spiro atoms. The van der Waals surface area contributed by atoms with Crippen molar-refractivity contribution in [3.63, 3.8) is 0 Å². The second-order valence-electron chi connectivity index (χ2n) is 4.41. The van der Waals surface area contributed by atoms with Crippen LogP contribution in [0.25, 0.3) is 0 Å². The second-order valence-corrected chi connectivity index (χ2v) is 7.96. The number of methoxy groups -OCH3 is 2. The molecule has 0 aromatic heterocycles. The summed E-state index contributed by atoms with van der Waals surface area (Å²) in [5.41, 5.74) is -0.252. The summed E-state index contributed by atoms with van der Waals surface area (Å²) in [6, 6.07) is 0. The molecule has 0 aromatic rings. The summed E-state index contributed by atoms with van der Waals surface area (Å²) in [7, 11) is 3.10. The van der Waals surface area contributed by atoms with Crippen LogP contribution in [0.2, 0.25) is 5.04 Å². The van der Waals surface area contributed by atoms with E-state index in [2.05, 4.69) is 27.7 Å². The van der Waals surface area contributed by atoms with Crippen molar-refractivity contribution in [2.24, 2.45) is 0 Å². The van der Waals surface area contributed by atoms with Gasteiger partial charge in [-0.25, -0.2) is 0 Å². The average Bonchev–Trinajstić information content (AvgIpc) is 1.99. The Morgan fingerprint density at radius 3 is 1.58 bits per heavy atom. The summed E-state index contributed by atoms with van der Waals surface area (Å²) < 4.78 is 10.9. The van der Waals surface area contributed by atoms with Crippen LogP contribution < -0.4 is 0 Å². The van der Waals surface area contributed by atoms with Crippen LogP contribution in [0.1, 0.15) is 34.1 Å². The summed E-state index contributed by atoms with van der Waals surface area (Å²) in [5.74, 6) is 0. The Bertz CT molecular complexity index is 117. The topological polar surface area (TPSA) is 18.5 Å². The lowest BCUT2D eigenvalue weighted by Gasteiger charge is -2.35. The molecule has 0 rings (SSSR count). The smallest absolute Gasteiger partial charge is 0.144 e. The molecule has 0 saturated heterocycles. The molecule has 0 aliphatic carbocycles. The van der Waals surface area contributed by atoms with Gasteiger partial charge in [-0.3, -0.25) is 0 Å². The van der Waals surface area contributed by atoms with E-state index in [1.54, 1.807) is 14.2 Å². The zero-order valence-corrected chi connectivity index (χ0v) is 10.6. The second kappa shape index (κ2) is 4.39. The zero-order valence-electron chi connectivity index (χ0n) is 9.23. The number of hydrogen-bond donors (Lipinski definition) is 0. The molecule has 0 heterocycles. The van der Waals surface area contributed by atoms with Crippen LogP contribution in [0.5, 0.6) is 0 Å². The van der Waals surface area contributed by atoms with Gasteiger partial charge >= 0.3 is 0 Å². The maximum atomic E-state index is 5.45. The number of ether oxygens (including phenoxy) is 2. The third kappa shape index (κ3) is 3.69. The monoisotopic (exact) mass is 190 g/mol. The van der Waals surface area contributed by atoms with E-state index < -0.39 is 0 Å². The predicted molar refractivity (Wildman–Crippen MR) is 55.3 cm³/mol. The first-order valence-corrected chi connectivity index (χ1v) is 5.91. The fraction of sp³-hybridized carbons (Fsp3) is 1.00. The molecular formula is C9H22O2Si. The fourth-order valence-corrected chi connectivity index (χ4v) is 3.60. The highest BCUT2D eigenvalue weighted by Crippen LogP contribution is 2.29. The van der Waals surface area contributed by atoms with E-state index in [0.717, 1.165) is 6.42 Å². The Morgan fingerprint density at radius 2 is 1.50 bits per heavy atom. The van der Waals surface area contributed by atoms with E-state index in [1.165, 1.54) is 0 Å². The van der Waals surface area contributed by atoms with E-state index in [9.17, 15) is 0 Å². The van der Waals surface area contributed by atoms with Gasteiger partial charge in [0.2, 0.25) is 0 Å². The average molecular weight is 190 g/mol. The highest BCUT2D eigenvalue weighted by atomic mass is 28.2.